The normalized spacial score (nSPS) is 14.6. The van der Waals surface area contributed by atoms with Gasteiger partial charge in [0.05, 0.1) is 10.5 Å². The molecule has 0 saturated heterocycles. The van der Waals surface area contributed by atoms with Gasteiger partial charge in [-0.25, -0.2) is 17.9 Å². The summed E-state index contributed by atoms with van der Waals surface area (Å²) < 4.78 is 38.1. The average Bonchev–Trinajstić information content (AvgIpc) is 2.35. The molecule has 1 aromatic carbocycles. The zero-order chi connectivity index (χ0) is 16.2. The Morgan fingerprint density at radius 1 is 1.43 bits per heavy atom. The molecular formula is C13H19NO5S2. The Balaban J connectivity index is 2.99. The fraction of sp³-hybridized carbons (Fsp3) is 0.462. The molecule has 0 aromatic heterocycles. The van der Waals surface area contributed by atoms with Gasteiger partial charge in [-0.05, 0) is 38.0 Å². The van der Waals surface area contributed by atoms with Crippen molar-refractivity contribution < 1.29 is 22.5 Å². The van der Waals surface area contributed by atoms with E-state index < -0.39 is 26.8 Å². The topological polar surface area (TPSA) is 101 Å². The first-order valence-electron chi connectivity index (χ1n) is 6.30. The Labute approximate surface area is 127 Å². The average molecular weight is 333 g/mol. The van der Waals surface area contributed by atoms with E-state index in [9.17, 15) is 17.4 Å². The summed E-state index contributed by atoms with van der Waals surface area (Å²) in [5.41, 5.74) is 0.391. The van der Waals surface area contributed by atoms with Gasteiger partial charge in [-0.3, -0.25) is 4.21 Å². The molecule has 0 bridgehead atoms. The van der Waals surface area contributed by atoms with Crippen molar-refractivity contribution in [3.05, 3.63) is 29.3 Å². The second-order valence-electron chi connectivity index (χ2n) is 4.87. The van der Waals surface area contributed by atoms with Crippen molar-refractivity contribution >= 4 is 26.8 Å². The van der Waals surface area contributed by atoms with E-state index >= 15 is 0 Å². The summed E-state index contributed by atoms with van der Waals surface area (Å²) >= 11 is 0. The summed E-state index contributed by atoms with van der Waals surface area (Å²) in [6.45, 7) is 3.28. The first-order valence-corrected chi connectivity index (χ1v) is 9.51. The maximum atomic E-state index is 12.3. The van der Waals surface area contributed by atoms with Crippen LogP contribution >= 0.6 is 0 Å². The van der Waals surface area contributed by atoms with Crippen molar-refractivity contribution in [3.63, 3.8) is 0 Å². The van der Waals surface area contributed by atoms with Crippen LogP contribution in [0.25, 0.3) is 0 Å². The fourth-order valence-corrected chi connectivity index (χ4v) is 3.99. The second-order valence-corrected chi connectivity index (χ2v) is 8.11. The van der Waals surface area contributed by atoms with Crippen molar-refractivity contribution in [2.75, 3.05) is 12.0 Å². The molecule has 2 atom stereocenters. The summed E-state index contributed by atoms with van der Waals surface area (Å²) in [4.78, 5) is 10.9. The van der Waals surface area contributed by atoms with Gasteiger partial charge >= 0.3 is 5.97 Å². The van der Waals surface area contributed by atoms with Gasteiger partial charge < -0.3 is 5.11 Å². The first-order chi connectivity index (χ1) is 9.63. The summed E-state index contributed by atoms with van der Waals surface area (Å²) in [7, 11) is -4.79. The van der Waals surface area contributed by atoms with Crippen molar-refractivity contribution in [3.8, 4) is 0 Å². The number of carbonyl (C=O) groups is 1. The van der Waals surface area contributed by atoms with Crippen LogP contribution in [0.4, 0.5) is 0 Å². The Hall–Kier alpha value is -1.25. The largest absolute Gasteiger partial charge is 0.478 e. The molecule has 1 rings (SSSR count). The van der Waals surface area contributed by atoms with Gasteiger partial charge in [0.15, 0.2) is 0 Å². The molecule has 2 unspecified atom stereocenters. The van der Waals surface area contributed by atoms with E-state index in [1.807, 2.05) is 0 Å². The third kappa shape index (κ3) is 5.22. The number of hydrogen-bond donors (Lipinski definition) is 2. The first kappa shape index (κ1) is 17.8. The van der Waals surface area contributed by atoms with E-state index in [0.29, 0.717) is 17.7 Å². The van der Waals surface area contributed by atoms with Crippen molar-refractivity contribution in [2.45, 2.75) is 31.2 Å². The third-order valence-corrected chi connectivity index (χ3v) is 5.46. The van der Waals surface area contributed by atoms with Crippen LogP contribution in [0.5, 0.6) is 0 Å². The lowest BCUT2D eigenvalue weighted by Crippen LogP contribution is -2.34. The summed E-state index contributed by atoms with van der Waals surface area (Å²) in [6.07, 6.45) is 2.00. The van der Waals surface area contributed by atoms with Gasteiger partial charge in [0.2, 0.25) is 10.0 Å². The van der Waals surface area contributed by atoms with Gasteiger partial charge in [-0.1, -0.05) is 6.07 Å². The van der Waals surface area contributed by atoms with Crippen LogP contribution in [0.3, 0.4) is 0 Å². The Morgan fingerprint density at radius 2 is 2.05 bits per heavy atom. The van der Waals surface area contributed by atoms with Crippen LogP contribution in [-0.4, -0.2) is 41.8 Å². The number of rotatable bonds is 7. The highest BCUT2D eigenvalue weighted by Crippen LogP contribution is 2.18. The fourth-order valence-electron chi connectivity index (χ4n) is 1.75. The van der Waals surface area contributed by atoms with Crippen LogP contribution < -0.4 is 4.72 Å². The minimum Gasteiger partial charge on any atom is -0.478 e. The standard InChI is InChI=1S/C13H19NO5S2/c1-9-4-5-11(13(15)16)8-12(9)21(18,19)14-10(2)6-7-20(3)17/h4-5,8,10,14H,6-7H2,1-3H3,(H,15,16). The SMILES string of the molecule is Cc1ccc(C(=O)O)cc1S(=O)(=O)NC(C)CCS(C)=O. The summed E-state index contributed by atoms with van der Waals surface area (Å²) in [5.74, 6) is -0.779. The monoisotopic (exact) mass is 333 g/mol. The minimum absolute atomic E-state index is 0.0492. The van der Waals surface area contributed by atoms with E-state index in [-0.39, 0.29) is 16.5 Å². The van der Waals surface area contributed by atoms with Crippen LogP contribution in [0.2, 0.25) is 0 Å². The predicted octanol–water partition coefficient (Wildman–Crippen LogP) is 1.13. The molecule has 0 aliphatic carbocycles. The van der Waals surface area contributed by atoms with Crippen molar-refractivity contribution in [2.24, 2.45) is 0 Å². The van der Waals surface area contributed by atoms with Crippen LogP contribution in [-0.2, 0) is 20.8 Å². The number of aromatic carboxylic acids is 1. The highest BCUT2D eigenvalue weighted by molar-refractivity contribution is 7.89. The molecule has 6 nitrogen and oxygen atoms in total. The Bertz CT molecular complexity index is 655. The van der Waals surface area contributed by atoms with Gasteiger partial charge in [0.25, 0.3) is 0 Å². The van der Waals surface area contributed by atoms with Crippen molar-refractivity contribution in [1.29, 1.82) is 0 Å². The van der Waals surface area contributed by atoms with E-state index in [0.717, 1.165) is 6.07 Å². The lowest BCUT2D eigenvalue weighted by Gasteiger charge is -2.15. The maximum absolute atomic E-state index is 12.3. The lowest BCUT2D eigenvalue weighted by molar-refractivity contribution is 0.0696. The molecule has 0 spiro atoms. The molecule has 2 N–H and O–H groups in total. The number of carboxylic acid groups (broad SMARTS) is 1. The number of hydrogen-bond acceptors (Lipinski definition) is 4. The summed E-state index contributed by atoms with van der Waals surface area (Å²) in [6, 6.07) is 3.58. The molecule has 8 heteroatoms. The van der Waals surface area contributed by atoms with Gasteiger partial charge in [-0.15, -0.1) is 0 Å². The highest BCUT2D eigenvalue weighted by atomic mass is 32.2. The third-order valence-electron chi connectivity index (χ3n) is 2.92. The van der Waals surface area contributed by atoms with E-state index in [4.69, 9.17) is 5.11 Å². The van der Waals surface area contributed by atoms with Gasteiger partial charge in [0.1, 0.15) is 0 Å². The molecule has 0 aliphatic heterocycles. The molecule has 0 fully saturated rings. The molecule has 0 radical (unpaired) electrons. The molecule has 1 aromatic rings. The second kappa shape index (κ2) is 7.15. The molecule has 0 saturated carbocycles. The number of carboxylic acids is 1. The van der Waals surface area contributed by atoms with E-state index in [2.05, 4.69) is 4.72 Å². The maximum Gasteiger partial charge on any atom is 0.335 e. The summed E-state index contributed by atoms with van der Waals surface area (Å²) in [5, 5.41) is 8.94. The highest BCUT2D eigenvalue weighted by Gasteiger charge is 2.21. The molecule has 0 heterocycles. The van der Waals surface area contributed by atoms with Gasteiger partial charge in [-0.2, -0.15) is 0 Å². The van der Waals surface area contributed by atoms with E-state index in [1.165, 1.54) is 12.1 Å². The minimum atomic E-state index is -3.81. The quantitative estimate of drug-likeness (QED) is 0.779. The number of sulfonamides is 1. The van der Waals surface area contributed by atoms with Crippen molar-refractivity contribution in [1.82, 2.24) is 4.72 Å². The van der Waals surface area contributed by atoms with E-state index in [1.54, 1.807) is 20.1 Å². The zero-order valence-electron chi connectivity index (χ0n) is 12.1. The van der Waals surface area contributed by atoms with Crippen LogP contribution in [0.1, 0.15) is 29.3 Å². The zero-order valence-corrected chi connectivity index (χ0v) is 13.8. The smallest absolute Gasteiger partial charge is 0.335 e. The lowest BCUT2D eigenvalue weighted by atomic mass is 10.1. The molecule has 0 amide bonds. The predicted molar refractivity (Wildman–Crippen MR) is 81.5 cm³/mol. The number of benzene rings is 1. The Kier molecular flexibility index (Phi) is 6.06. The molecular weight excluding hydrogens is 314 g/mol. The van der Waals surface area contributed by atoms with Crippen LogP contribution in [0.15, 0.2) is 23.1 Å². The number of aryl methyl sites for hydroxylation is 1. The van der Waals surface area contributed by atoms with Crippen LogP contribution in [0, 0.1) is 6.92 Å². The molecule has 0 aliphatic rings. The Morgan fingerprint density at radius 3 is 2.57 bits per heavy atom. The number of nitrogens with one attached hydrogen (secondary N) is 1. The molecule has 21 heavy (non-hydrogen) atoms. The molecule has 118 valence electrons. The van der Waals surface area contributed by atoms with Gasteiger partial charge in [0, 0.05) is 28.9 Å².